The molecular formula is C16H16BrN. The highest BCUT2D eigenvalue weighted by Crippen LogP contribution is 2.37. The van der Waals surface area contributed by atoms with E-state index in [1.807, 2.05) is 0 Å². The van der Waals surface area contributed by atoms with Gasteiger partial charge in [-0.25, -0.2) is 0 Å². The number of aryl methyl sites for hydroxylation is 1. The first kappa shape index (κ1) is 11.8. The van der Waals surface area contributed by atoms with Gasteiger partial charge in [-0.3, -0.25) is 0 Å². The van der Waals surface area contributed by atoms with Crippen LogP contribution in [0.25, 0.3) is 0 Å². The number of hydrogen-bond donors (Lipinski definition) is 1. The van der Waals surface area contributed by atoms with E-state index in [4.69, 9.17) is 0 Å². The van der Waals surface area contributed by atoms with Gasteiger partial charge in [0.25, 0.3) is 0 Å². The molecule has 18 heavy (non-hydrogen) atoms. The molecule has 0 aromatic heterocycles. The zero-order chi connectivity index (χ0) is 12.5. The van der Waals surface area contributed by atoms with Crippen molar-refractivity contribution in [2.24, 2.45) is 0 Å². The van der Waals surface area contributed by atoms with Crippen molar-refractivity contribution in [3.05, 3.63) is 63.6 Å². The fourth-order valence-electron chi connectivity index (χ4n) is 2.61. The Morgan fingerprint density at radius 2 is 1.89 bits per heavy atom. The van der Waals surface area contributed by atoms with Crippen molar-refractivity contribution < 1.29 is 0 Å². The van der Waals surface area contributed by atoms with E-state index in [-0.39, 0.29) is 0 Å². The Hall–Kier alpha value is -1.28. The van der Waals surface area contributed by atoms with Crippen LogP contribution in [0.2, 0.25) is 0 Å². The third-order valence-corrected chi connectivity index (χ3v) is 4.35. The summed E-state index contributed by atoms with van der Waals surface area (Å²) in [5.41, 5.74) is 5.40. The smallest absolute Gasteiger partial charge is 0.0520 e. The van der Waals surface area contributed by atoms with Crippen LogP contribution in [0.1, 0.15) is 29.2 Å². The molecule has 0 saturated heterocycles. The van der Waals surface area contributed by atoms with Crippen LogP contribution in [0.3, 0.4) is 0 Å². The molecule has 0 spiro atoms. The molecule has 1 atom stereocenters. The Bertz CT molecular complexity index is 560. The number of fused-ring (bicyclic) bond motifs is 1. The SMILES string of the molecule is Cc1ccc(NC2CCc3c(Br)cccc32)cc1. The van der Waals surface area contributed by atoms with Crippen molar-refractivity contribution in [3.63, 3.8) is 0 Å². The molecule has 0 aliphatic heterocycles. The Morgan fingerprint density at radius 1 is 1.11 bits per heavy atom. The van der Waals surface area contributed by atoms with Crippen LogP contribution in [0.5, 0.6) is 0 Å². The van der Waals surface area contributed by atoms with Crippen LogP contribution in [-0.2, 0) is 6.42 Å². The van der Waals surface area contributed by atoms with Crippen LogP contribution in [0.15, 0.2) is 46.9 Å². The summed E-state index contributed by atoms with van der Waals surface area (Å²) in [7, 11) is 0. The molecular weight excluding hydrogens is 286 g/mol. The number of halogens is 1. The van der Waals surface area contributed by atoms with E-state index in [0.29, 0.717) is 6.04 Å². The maximum absolute atomic E-state index is 3.64. The lowest BCUT2D eigenvalue weighted by Crippen LogP contribution is -2.06. The van der Waals surface area contributed by atoms with Gasteiger partial charge in [0.05, 0.1) is 6.04 Å². The zero-order valence-corrected chi connectivity index (χ0v) is 12.0. The lowest BCUT2D eigenvalue weighted by atomic mass is 10.1. The van der Waals surface area contributed by atoms with Crippen LogP contribution in [-0.4, -0.2) is 0 Å². The zero-order valence-electron chi connectivity index (χ0n) is 10.4. The molecule has 2 aromatic rings. The van der Waals surface area contributed by atoms with Gasteiger partial charge in [-0.2, -0.15) is 0 Å². The van der Waals surface area contributed by atoms with E-state index in [1.165, 1.54) is 33.3 Å². The third-order valence-electron chi connectivity index (χ3n) is 3.61. The Balaban J connectivity index is 1.85. The molecule has 1 aliphatic carbocycles. The third kappa shape index (κ3) is 2.17. The Labute approximate surface area is 116 Å². The molecule has 0 radical (unpaired) electrons. The molecule has 0 fully saturated rings. The van der Waals surface area contributed by atoms with Crippen molar-refractivity contribution >= 4 is 21.6 Å². The molecule has 1 unspecified atom stereocenters. The summed E-state index contributed by atoms with van der Waals surface area (Å²) in [5.74, 6) is 0. The number of hydrogen-bond acceptors (Lipinski definition) is 1. The monoisotopic (exact) mass is 301 g/mol. The summed E-state index contributed by atoms with van der Waals surface area (Å²) < 4.78 is 1.24. The normalized spacial score (nSPS) is 17.6. The summed E-state index contributed by atoms with van der Waals surface area (Å²) in [5, 5.41) is 3.63. The number of benzene rings is 2. The minimum absolute atomic E-state index is 0.445. The van der Waals surface area contributed by atoms with Gasteiger partial charge in [-0.15, -0.1) is 0 Å². The molecule has 2 aromatic carbocycles. The minimum atomic E-state index is 0.445. The summed E-state index contributed by atoms with van der Waals surface area (Å²) in [6.45, 7) is 2.12. The van der Waals surface area contributed by atoms with Gasteiger partial charge < -0.3 is 5.32 Å². The Kier molecular flexibility index (Phi) is 3.13. The second kappa shape index (κ2) is 4.77. The second-order valence-corrected chi connectivity index (χ2v) is 5.76. The maximum atomic E-state index is 3.64. The Morgan fingerprint density at radius 3 is 2.67 bits per heavy atom. The van der Waals surface area contributed by atoms with Crippen molar-refractivity contribution in [2.75, 3.05) is 5.32 Å². The highest BCUT2D eigenvalue weighted by molar-refractivity contribution is 9.10. The van der Waals surface area contributed by atoms with Gasteiger partial charge in [0, 0.05) is 10.2 Å². The van der Waals surface area contributed by atoms with Crippen LogP contribution >= 0.6 is 15.9 Å². The van der Waals surface area contributed by atoms with Gasteiger partial charge in [0.15, 0.2) is 0 Å². The van der Waals surface area contributed by atoms with E-state index in [0.717, 1.165) is 6.42 Å². The van der Waals surface area contributed by atoms with E-state index in [2.05, 4.69) is 70.6 Å². The fraction of sp³-hybridized carbons (Fsp3) is 0.250. The van der Waals surface area contributed by atoms with Gasteiger partial charge in [0.1, 0.15) is 0 Å². The topological polar surface area (TPSA) is 12.0 Å². The molecule has 2 heteroatoms. The number of anilines is 1. The van der Waals surface area contributed by atoms with Crippen molar-refractivity contribution in [3.8, 4) is 0 Å². The quantitative estimate of drug-likeness (QED) is 0.835. The molecule has 92 valence electrons. The van der Waals surface area contributed by atoms with E-state index >= 15 is 0 Å². The molecule has 0 heterocycles. The number of rotatable bonds is 2. The highest BCUT2D eigenvalue weighted by Gasteiger charge is 2.23. The van der Waals surface area contributed by atoms with Crippen molar-refractivity contribution in [2.45, 2.75) is 25.8 Å². The fourth-order valence-corrected chi connectivity index (χ4v) is 3.19. The summed E-state index contributed by atoms with van der Waals surface area (Å²) in [6, 6.07) is 15.6. The van der Waals surface area contributed by atoms with E-state index < -0.39 is 0 Å². The predicted octanol–water partition coefficient (Wildman–Crippen LogP) is 4.86. The van der Waals surface area contributed by atoms with Crippen LogP contribution < -0.4 is 5.32 Å². The van der Waals surface area contributed by atoms with Crippen molar-refractivity contribution in [1.29, 1.82) is 0 Å². The second-order valence-electron chi connectivity index (χ2n) is 4.91. The first-order chi connectivity index (χ1) is 8.74. The van der Waals surface area contributed by atoms with Gasteiger partial charge in [-0.1, -0.05) is 45.8 Å². The van der Waals surface area contributed by atoms with Crippen LogP contribution in [0, 0.1) is 6.92 Å². The highest BCUT2D eigenvalue weighted by atomic mass is 79.9. The van der Waals surface area contributed by atoms with Gasteiger partial charge in [0.2, 0.25) is 0 Å². The lowest BCUT2D eigenvalue weighted by molar-refractivity contribution is 0.762. The van der Waals surface area contributed by atoms with Gasteiger partial charge >= 0.3 is 0 Å². The summed E-state index contributed by atoms with van der Waals surface area (Å²) in [6.07, 6.45) is 2.33. The van der Waals surface area contributed by atoms with Crippen molar-refractivity contribution in [1.82, 2.24) is 0 Å². The summed E-state index contributed by atoms with van der Waals surface area (Å²) in [4.78, 5) is 0. The standard InChI is InChI=1S/C16H16BrN/c1-11-5-7-12(8-6-11)18-16-10-9-13-14(16)3-2-4-15(13)17/h2-8,16,18H,9-10H2,1H3. The minimum Gasteiger partial charge on any atom is -0.378 e. The molecule has 1 N–H and O–H groups in total. The van der Waals surface area contributed by atoms with E-state index in [1.54, 1.807) is 0 Å². The van der Waals surface area contributed by atoms with Crippen LogP contribution in [0.4, 0.5) is 5.69 Å². The molecule has 0 saturated carbocycles. The average molecular weight is 302 g/mol. The molecule has 0 amide bonds. The largest absolute Gasteiger partial charge is 0.378 e. The lowest BCUT2D eigenvalue weighted by Gasteiger charge is -2.16. The molecule has 1 aliphatic rings. The maximum Gasteiger partial charge on any atom is 0.0520 e. The van der Waals surface area contributed by atoms with Gasteiger partial charge in [-0.05, 0) is 49.1 Å². The molecule has 3 rings (SSSR count). The molecule has 0 bridgehead atoms. The first-order valence-electron chi connectivity index (χ1n) is 6.34. The first-order valence-corrected chi connectivity index (χ1v) is 7.14. The average Bonchev–Trinajstić information content (AvgIpc) is 2.77. The summed E-state index contributed by atoms with van der Waals surface area (Å²) >= 11 is 3.64. The predicted molar refractivity (Wildman–Crippen MR) is 80.0 cm³/mol. The molecule has 1 nitrogen and oxygen atoms in total. The number of nitrogens with one attached hydrogen (secondary N) is 1. The van der Waals surface area contributed by atoms with E-state index in [9.17, 15) is 0 Å².